The zero-order valence-electron chi connectivity index (χ0n) is 11.1. The van der Waals surface area contributed by atoms with Crippen LogP contribution in [0.1, 0.15) is 46.5 Å². The molecule has 1 aliphatic carbocycles. The molecule has 0 bridgehead atoms. The van der Waals surface area contributed by atoms with Gasteiger partial charge in [-0.2, -0.15) is 11.8 Å². The van der Waals surface area contributed by atoms with E-state index in [0.29, 0.717) is 16.5 Å². The summed E-state index contributed by atoms with van der Waals surface area (Å²) in [5.41, 5.74) is 0. The summed E-state index contributed by atoms with van der Waals surface area (Å²) in [4.78, 5) is 0. The molecule has 5 atom stereocenters. The average Bonchev–Trinajstić information content (AvgIpc) is 2.28. The second-order valence-electron chi connectivity index (χ2n) is 5.10. The van der Waals surface area contributed by atoms with Crippen LogP contribution in [-0.4, -0.2) is 34.8 Å². The van der Waals surface area contributed by atoms with Crippen molar-refractivity contribution in [3.8, 4) is 0 Å². The number of thioether (sulfide) groups is 1. The molecule has 0 amide bonds. The van der Waals surface area contributed by atoms with Gasteiger partial charge in [-0.15, -0.1) is 0 Å². The van der Waals surface area contributed by atoms with Gasteiger partial charge in [-0.05, 0) is 39.2 Å². The van der Waals surface area contributed by atoms with E-state index in [1.165, 1.54) is 25.7 Å². The zero-order chi connectivity index (χ0) is 12.1. The Balaban J connectivity index is 2.51. The summed E-state index contributed by atoms with van der Waals surface area (Å²) in [6, 6.07) is 0.633. The van der Waals surface area contributed by atoms with Crippen LogP contribution in [-0.2, 0) is 0 Å². The van der Waals surface area contributed by atoms with Gasteiger partial charge in [0, 0.05) is 16.5 Å². The molecule has 0 aromatic heterocycles. The van der Waals surface area contributed by atoms with Gasteiger partial charge < -0.3 is 10.4 Å². The summed E-state index contributed by atoms with van der Waals surface area (Å²) in [5, 5.41) is 14.1. The summed E-state index contributed by atoms with van der Waals surface area (Å²) in [6.07, 6.45) is 5.06. The minimum atomic E-state index is -0.204. The molecular formula is C13H27NOS. The lowest BCUT2D eigenvalue weighted by Gasteiger charge is -2.37. The van der Waals surface area contributed by atoms with Crippen LogP contribution >= 0.6 is 11.8 Å². The Labute approximate surface area is 105 Å². The van der Waals surface area contributed by atoms with E-state index in [-0.39, 0.29) is 6.10 Å². The molecule has 0 aromatic rings. The Hall–Kier alpha value is 0.270. The third kappa shape index (κ3) is 3.94. The van der Waals surface area contributed by atoms with Crippen LogP contribution in [0.2, 0.25) is 0 Å². The Morgan fingerprint density at radius 3 is 2.56 bits per heavy atom. The molecule has 2 N–H and O–H groups in total. The van der Waals surface area contributed by atoms with Crippen molar-refractivity contribution in [3.63, 3.8) is 0 Å². The first-order valence-corrected chi connectivity index (χ1v) is 7.53. The predicted molar refractivity (Wildman–Crippen MR) is 73.0 cm³/mol. The number of nitrogens with one attached hydrogen (secondary N) is 1. The molecule has 5 unspecified atom stereocenters. The molecule has 0 spiro atoms. The largest absolute Gasteiger partial charge is 0.392 e. The SMILES string of the molecule is CCC1CCC(NC)C(SC(C)C(C)O)C1. The first kappa shape index (κ1) is 14.3. The van der Waals surface area contributed by atoms with E-state index in [0.717, 1.165) is 5.92 Å². The Bertz CT molecular complexity index is 198. The van der Waals surface area contributed by atoms with Crippen LogP contribution < -0.4 is 5.32 Å². The molecule has 96 valence electrons. The Kier molecular flexibility index (Phi) is 6.16. The quantitative estimate of drug-likeness (QED) is 0.781. The molecule has 2 nitrogen and oxygen atoms in total. The van der Waals surface area contributed by atoms with E-state index in [1.54, 1.807) is 0 Å². The van der Waals surface area contributed by atoms with Gasteiger partial charge in [0.1, 0.15) is 0 Å². The van der Waals surface area contributed by atoms with Crippen LogP contribution in [0.5, 0.6) is 0 Å². The third-order valence-corrected chi connectivity index (χ3v) is 5.61. The van der Waals surface area contributed by atoms with E-state index in [9.17, 15) is 5.11 Å². The second kappa shape index (κ2) is 6.87. The highest BCUT2D eigenvalue weighted by molar-refractivity contribution is 8.00. The van der Waals surface area contributed by atoms with Gasteiger partial charge in [-0.1, -0.05) is 20.3 Å². The molecule has 1 rings (SSSR count). The predicted octanol–water partition coefficient (Wildman–Crippen LogP) is 2.66. The molecular weight excluding hydrogens is 218 g/mol. The summed E-state index contributed by atoms with van der Waals surface area (Å²) in [7, 11) is 2.07. The molecule has 0 heterocycles. The van der Waals surface area contributed by atoms with Crippen molar-refractivity contribution < 1.29 is 5.11 Å². The van der Waals surface area contributed by atoms with Gasteiger partial charge in [0.15, 0.2) is 0 Å². The van der Waals surface area contributed by atoms with Crippen molar-refractivity contribution in [1.82, 2.24) is 5.32 Å². The summed E-state index contributed by atoms with van der Waals surface area (Å²) >= 11 is 1.97. The highest BCUT2D eigenvalue weighted by atomic mass is 32.2. The van der Waals surface area contributed by atoms with E-state index >= 15 is 0 Å². The summed E-state index contributed by atoms with van der Waals surface area (Å²) in [5.74, 6) is 0.892. The molecule has 0 saturated heterocycles. The van der Waals surface area contributed by atoms with Gasteiger partial charge in [0.05, 0.1) is 6.10 Å². The Morgan fingerprint density at radius 2 is 2.06 bits per heavy atom. The number of aliphatic hydroxyl groups is 1. The number of rotatable bonds is 5. The second-order valence-corrected chi connectivity index (χ2v) is 6.72. The average molecular weight is 245 g/mol. The molecule has 1 fully saturated rings. The van der Waals surface area contributed by atoms with Gasteiger partial charge in [-0.3, -0.25) is 0 Å². The third-order valence-electron chi connectivity index (χ3n) is 3.92. The van der Waals surface area contributed by atoms with Crippen molar-refractivity contribution in [1.29, 1.82) is 0 Å². The van der Waals surface area contributed by atoms with Crippen LogP contribution in [0.3, 0.4) is 0 Å². The van der Waals surface area contributed by atoms with Gasteiger partial charge >= 0.3 is 0 Å². The standard InChI is InChI=1S/C13H27NOS/c1-5-11-6-7-12(14-4)13(8-11)16-10(3)9(2)15/h9-15H,5-8H2,1-4H3. The molecule has 0 aromatic carbocycles. The van der Waals surface area contributed by atoms with Crippen LogP contribution in [0.25, 0.3) is 0 Å². The van der Waals surface area contributed by atoms with Crippen molar-refractivity contribution in [2.45, 2.75) is 69.1 Å². The first-order valence-electron chi connectivity index (χ1n) is 6.59. The lowest BCUT2D eigenvalue weighted by molar-refractivity contribution is 0.195. The van der Waals surface area contributed by atoms with Crippen molar-refractivity contribution in [2.24, 2.45) is 5.92 Å². The number of aliphatic hydroxyl groups excluding tert-OH is 1. The molecule has 0 radical (unpaired) electrons. The highest BCUT2D eigenvalue weighted by Gasteiger charge is 2.30. The highest BCUT2D eigenvalue weighted by Crippen LogP contribution is 2.36. The molecule has 16 heavy (non-hydrogen) atoms. The van der Waals surface area contributed by atoms with Gasteiger partial charge in [0.25, 0.3) is 0 Å². The van der Waals surface area contributed by atoms with Gasteiger partial charge in [-0.25, -0.2) is 0 Å². The number of hydrogen-bond acceptors (Lipinski definition) is 3. The maximum atomic E-state index is 9.59. The van der Waals surface area contributed by atoms with Crippen LogP contribution in [0.15, 0.2) is 0 Å². The maximum absolute atomic E-state index is 9.59. The minimum Gasteiger partial charge on any atom is -0.392 e. The van der Waals surface area contributed by atoms with E-state index in [1.807, 2.05) is 18.7 Å². The lowest BCUT2D eigenvalue weighted by atomic mass is 9.84. The fourth-order valence-corrected chi connectivity index (χ4v) is 4.08. The fourth-order valence-electron chi connectivity index (χ4n) is 2.45. The van der Waals surface area contributed by atoms with Crippen LogP contribution in [0.4, 0.5) is 0 Å². The summed E-state index contributed by atoms with van der Waals surface area (Å²) < 4.78 is 0. The molecule has 3 heteroatoms. The first-order chi connectivity index (χ1) is 7.58. The smallest absolute Gasteiger partial charge is 0.0628 e. The molecule has 1 aliphatic rings. The minimum absolute atomic E-state index is 0.204. The zero-order valence-corrected chi connectivity index (χ0v) is 11.9. The molecule has 1 saturated carbocycles. The molecule has 0 aliphatic heterocycles. The topological polar surface area (TPSA) is 32.3 Å². The van der Waals surface area contributed by atoms with Crippen molar-refractivity contribution in [3.05, 3.63) is 0 Å². The monoisotopic (exact) mass is 245 g/mol. The van der Waals surface area contributed by atoms with E-state index < -0.39 is 0 Å². The van der Waals surface area contributed by atoms with Gasteiger partial charge in [0.2, 0.25) is 0 Å². The lowest BCUT2D eigenvalue weighted by Crippen LogP contribution is -2.42. The normalized spacial score (nSPS) is 34.7. The fraction of sp³-hybridized carbons (Fsp3) is 1.00. The summed E-state index contributed by atoms with van der Waals surface area (Å²) in [6.45, 7) is 6.33. The maximum Gasteiger partial charge on any atom is 0.0628 e. The van der Waals surface area contributed by atoms with Crippen LogP contribution in [0, 0.1) is 5.92 Å². The van der Waals surface area contributed by atoms with Crippen molar-refractivity contribution in [2.75, 3.05) is 7.05 Å². The van der Waals surface area contributed by atoms with E-state index in [4.69, 9.17) is 0 Å². The Morgan fingerprint density at radius 1 is 1.38 bits per heavy atom. The van der Waals surface area contributed by atoms with Crippen molar-refractivity contribution >= 4 is 11.8 Å². The van der Waals surface area contributed by atoms with E-state index in [2.05, 4.69) is 26.2 Å². The number of hydrogen-bond donors (Lipinski definition) is 2.